The number of hydrogen-bond donors (Lipinski definition) is 1. The van der Waals surface area contributed by atoms with Crippen LogP contribution in [-0.4, -0.2) is 53.5 Å². The van der Waals surface area contributed by atoms with Crippen LogP contribution in [0.5, 0.6) is 0 Å². The maximum absolute atomic E-state index is 12.4. The molecule has 2 aromatic rings. The second-order valence-electron chi connectivity index (χ2n) is 6.00. The molecule has 0 radical (unpaired) electrons. The quantitative estimate of drug-likeness (QED) is 0.933. The fourth-order valence-corrected chi connectivity index (χ4v) is 2.77. The Hall–Kier alpha value is -2.47. The molecule has 0 bridgehead atoms. The molecular weight excluding hydrogens is 302 g/mol. The molecule has 1 amide bonds. The molecule has 0 aliphatic carbocycles. The second-order valence-corrected chi connectivity index (χ2v) is 6.00. The summed E-state index contributed by atoms with van der Waals surface area (Å²) < 4.78 is 0. The molecule has 1 fully saturated rings. The zero-order valence-electron chi connectivity index (χ0n) is 14.2. The van der Waals surface area contributed by atoms with Crippen LogP contribution in [0.2, 0.25) is 0 Å². The first-order chi connectivity index (χ1) is 11.7. The SMILES string of the molecule is CCN1CCN(c2cc(C(=O)Nc3ccc(C)cc3)ncn2)CC1. The van der Waals surface area contributed by atoms with Crippen LogP contribution in [-0.2, 0) is 0 Å². The van der Waals surface area contributed by atoms with Gasteiger partial charge in [-0.25, -0.2) is 9.97 Å². The van der Waals surface area contributed by atoms with Gasteiger partial charge in [-0.1, -0.05) is 24.6 Å². The van der Waals surface area contributed by atoms with E-state index in [0.717, 1.165) is 49.8 Å². The van der Waals surface area contributed by atoms with E-state index in [1.807, 2.05) is 31.2 Å². The number of aryl methyl sites for hydroxylation is 1. The monoisotopic (exact) mass is 325 g/mol. The van der Waals surface area contributed by atoms with Crippen molar-refractivity contribution in [1.82, 2.24) is 14.9 Å². The Labute approximate surface area is 142 Å². The van der Waals surface area contributed by atoms with Crippen LogP contribution in [0.1, 0.15) is 23.0 Å². The summed E-state index contributed by atoms with van der Waals surface area (Å²) in [5.74, 6) is 0.601. The van der Waals surface area contributed by atoms with E-state index in [1.165, 1.54) is 6.33 Å². The van der Waals surface area contributed by atoms with Crippen LogP contribution in [0.15, 0.2) is 36.7 Å². The van der Waals surface area contributed by atoms with E-state index in [2.05, 4.69) is 32.0 Å². The fraction of sp³-hybridized carbons (Fsp3) is 0.389. The van der Waals surface area contributed by atoms with Crippen LogP contribution in [0.4, 0.5) is 11.5 Å². The molecule has 1 N–H and O–H groups in total. The summed E-state index contributed by atoms with van der Waals surface area (Å²) in [6.45, 7) is 9.14. The maximum Gasteiger partial charge on any atom is 0.274 e. The van der Waals surface area contributed by atoms with Gasteiger partial charge in [0.2, 0.25) is 0 Å². The van der Waals surface area contributed by atoms with E-state index in [9.17, 15) is 4.79 Å². The topological polar surface area (TPSA) is 61.4 Å². The molecule has 6 heteroatoms. The average Bonchev–Trinajstić information content (AvgIpc) is 2.64. The van der Waals surface area contributed by atoms with Gasteiger partial charge in [-0.15, -0.1) is 0 Å². The van der Waals surface area contributed by atoms with Crippen molar-refractivity contribution in [2.75, 3.05) is 42.9 Å². The molecule has 126 valence electrons. The number of amides is 1. The fourth-order valence-electron chi connectivity index (χ4n) is 2.77. The summed E-state index contributed by atoms with van der Waals surface area (Å²) in [6.07, 6.45) is 1.46. The van der Waals surface area contributed by atoms with Crippen molar-refractivity contribution in [3.63, 3.8) is 0 Å². The number of likely N-dealkylation sites (N-methyl/N-ethyl adjacent to an activating group) is 1. The van der Waals surface area contributed by atoms with Crippen LogP contribution >= 0.6 is 0 Å². The lowest BCUT2D eigenvalue weighted by Crippen LogP contribution is -2.46. The summed E-state index contributed by atoms with van der Waals surface area (Å²) in [4.78, 5) is 25.5. The number of anilines is 2. The number of hydrogen-bond acceptors (Lipinski definition) is 5. The number of rotatable bonds is 4. The minimum absolute atomic E-state index is 0.213. The van der Waals surface area contributed by atoms with E-state index < -0.39 is 0 Å². The van der Waals surface area contributed by atoms with Crippen molar-refractivity contribution < 1.29 is 4.79 Å². The summed E-state index contributed by atoms with van der Waals surface area (Å²) in [7, 11) is 0. The van der Waals surface area contributed by atoms with Gasteiger partial charge in [-0.2, -0.15) is 0 Å². The van der Waals surface area contributed by atoms with Gasteiger partial charge in [0.25, 0.3) is 5.91 Å². The van der Waals surface area contributed by atoms with Crippen LogP contribution in [0.3, 0.4) is 0 Å². The first-order valence-corrected chi connectivity index (χ1v) is 8.33. The van der Waals surface area contributed by atoms with E-state index in [1.54, 1.807) is 6.07 Å². The molecule has 0 atom stereocenters. The molecule has 6 nitrogen and oxygen atoms in total. The number of carbonyl (C=O) groups excluding carboxylic acids is 1. The zero-order valence-corrected chi connectivity index (χ0v) is 14.2. The molecule has 3 rings (SSSR count). The van der Waals surface area contributed by atoms with E-state index >= 15 is 0 Å². The highest BCUT2D eigenvalue weighted by Crippen LogP contribution is 2.15. The first-order valence-electron chi connectivity index (χ1n) is 8.33. The summed E-state index contributed by atoms with van der Waals surface area (Å²) in [5.41, 5.74) is 2.31. The van der Waals surface area contributed by atoms with Crippen molar-refractivity contribution in [3.05, 3.63) is 47.9 Å². The number of piperazine rings is 1. The highest BCUT2D eigenvalue weighted by Gasteiger charge is 2.18. The van der Waals surface area contributed by atoms with Gasteiger partial charge in [0, 0.05) is 37.9 Å². The Morgan fingerprint density at radius 1 is 1.12 bits per heavy atom. The highest BCUT2D eigenvalue weighted by atomic mass is 16.1. The van der Waals surface area contributed by atoms with Crippen LogP contribution in [0, 0.1) is 6.92 Å². The molecule has 1 aliphatic rings. The summed E-state index contributed by atoms with van der Waals surface area (Å²) in [5, 5.41) is 2.88. The number of nitrogens with one attached hydrogen (secondary N) is 1. The molecule has 1 aromatic heterocycles. The summed E-state index contributed by atoms with van der Waals surface area (Å²) in [6, 6.07) is 9.48. The van der Waals surface area contributed by atoms with Gasteiger partial charge in [0.05, 0.1) is 0 Å². The standard InChI is InChI=1S/C18H23N5O/c1-3-22-8-10-23(11-9-22)17-12-16(19-13-20-17)18(24)21-15-6-4-14(2)5-7-15/h4-7,12-13H,3,8-11H2,1-2H3,(H,21,24). The molecule has 1 aliphatic heterocycles. The molecule has 0 spiro atoms. The van der Waals surface area contributed by atoms with Crippen molar-refractivity contribution >= 4 is 17.4 Å². The molecule has 1 saturated heterocycles. The third kappa shape index (κ3) is 3.89. The molecule has 24 heavy (non-hydrogen) atoms. The van der Waals surface area contributed by atoms with E-state index in [4.69, 9.17) is 0 Å². The smallest absolute Gasteiger partial charge is 0.274 e. The lowest BCUT2D eigenvalue weighted by atomic mass is 10.2. The van der Waals surface area contributed by atoms with Crippen LogP contribution < -0.4 is 10.2 Å². The number of aromatic nitrogens is 2. The Balaban J connectivity index is 1.68. The largest absolute Gasteiger partial charge is 0.354 e. The number of benzene rings is 1. The predicted octanol–water partition coefficient (Wildman–Crippen LogP) is 2.18. The lowest BCUT2D eigenvalue weighted by Gasteiger charge is -2.34. The summed E-state index contributed by atoms with van der Waals surface area (Å²) >= 11 is 0. The third-order valence-corrected chi connectivity index (χ3v) is 4.34. The van der Waals surface area contributed by atoms with Crippen molar-refractivity contribution in [2.45, 2.75) is 13.8 Å². The minimum atomic E-state index is -0.213. The Morgan fingerprint density at radius 3 is 2.50 bits per heavy atom. The number of carbonyl (C=O) groups is 1. The van der Waals surface area contributed by atoms with Gasteiger partial charge in [-0.05, 0) is 25.6 Å². The Morgan fingerprint density at radius 2 is 1.83 bits per heavy atom. The van der Waals surface area contributed by atoms with Gasteiger partial charge < -0.3 is 15.1 Å². The van der Waals surface area contributed by atoms with Crippen LogP contribution in [0.25, 0.3) is 0 Å². The predicted molar refractivity (Wildman–Crippen MR) is 95.5 cm³/mol. The number of nitrogens with zero attached hydrogens (tertiary/aromatic N) is 4. The highest BCUT2D eigenvalue weighted by molar-refractivity contribution is 6.03. The van der Waals surface area contributed by atoms with Crippen molar-refractivity contribution in [3.8, 4) is 0 Å². The van der Waals surface area contributed by atoms with E-state index in [0.29, 0.717) is 5.69 Å². The Kier molecular flexibility index (Phi) is 5.05. The van der Waals surface area contributed by atoms with Gasteiger partial charge in [-0.3, -0.25) is 4.79 Å². The van der Waals surface area contributed by atoms with Crippen molar-refractivity contribution in [1.29, 1.82) is 0 Å². The maximum atomic E-state index is 12.4. The lowest BCUT2D eigenvalue weighted by molar-refractivity contribution is 0.102. The van der Waals surface area contributed by atoms with E-state index in [-0.39, 0.29) is 5.91 Å². The van der Waals surface area contributed by atoms with Gasteiger partial charge >= 0.3 is 0 Å². The molecule has 0 unspecified atom stereocenters. The van der Waals surface area contributed by atoms with Crippen molar-refractivity contribution in [2.24, 2.45) is 0 Å². The molecular formula is C18H23N5O. The second kappa shape index (κ2) is 7.40. The van der Waals surface area contributed by atoms with Gasteiger partial charge in [0.15, 0.2) is 0 Å². The molecule has 0 saturated carbocycles. The third-order valence-electron chi connectivity index (χ3n) is 4.34. The average molecular weight is 325 g/mol. The molecule has 1 aromatic carbocycles. The molecule has 2 heterocycles. The first kappa shape index (κ1) is 16.4. The zero-order chi connectivity index (χ0) is 16.9. The normalized spacial score (nSPS) is 15.3. The Bertz CT molecular complexity index is 693. The van der Waals surface area contributed by atoms with Gasteiger partial charge in [0.1, 0.15) is 17.8 Å². The minimum Gasteiger partial charge on any atom is -0.354 e.